The van der Waals surface area contributed by atoms with Crippen LogP contribution in [0.2, 0.25) is 0 Å². The smallest absolute Gasteiger partial charge is 0.192 e. The molecule has 28 heavy (non-hydrogen) atoms. The molecule has 4 nitrogen and oxygen atoms in total. The van der Waals surface area contributed by atoms with E-state index in [0.717, 1.165) is 22.1 Å². The van der Waals surface area contributed by atoms with Gasteiger partial charge in [-0.2, -0.15) is 5.26 Å². The molecule has 0 amide bonds. The number of aryl methyl sites for hydroxylation is 1. The van der Waals surface area contributed by atoms with E-state index in [9.17, 15) is 5.26 Å². The predicted molar refractivity (Wildman–Crippen MR) is 115 cm³/mol. The zero-order valence-corrected chi connectivity index (χ0v) is 17.9. The molecule has 0 N–H and O–H groups in total. The minimum atomic E-state index is -0.207. The number of aromatic nitrogens is 3. The SMILES string of the molecule is Cc1ccc(C[C@H](C#N)Sc2nnc(-c3ccc(C(C)(C)C)cc3)n2C)cc1. The quantitative estimate of drug-likeness (QED) is 0.554. The van der Waals surface area contributed by atoms with Gasteiger partial charge in [-0.15, -0.1) is 10.2 Å². The molecule has 1 aromatic heterocycles. The summed E-state index contributed by atoms with van der Waals surface area (Å²) in [5.41, 5.74) is 4.82. The van der Waals surface area contributed by atoms with E-state index in [1.165, 1.54) is 22.9 Å². The Labute approximate surface area is 171 Å². The van der Waals surface area contributed by atoms with Crippen LogP contribution in [-0.4, -0.2) is 20.0 Å². The topological polar surface area (TPSA) is 54.5 Å². The van der Waals surface area contributed by atoms with Crippen LogP contribution in [0, 0.1) is 18.3 Å². The first-order valence-corrected chi connectivity index (χ1v) is 10.3. The van der Waals surface area contributed by atoms with Crippen molar-refractivity contribution < 1.29 is 0 Å². The fraction of sp³-hybridized carbons (Fsp3) is 0.348. The number of thioether (sulfide) groups is 1. The van der Waals surface area contributed by atoms with E-state index in [1.54, 1.807) is 0 Å². The lowest BCUT2D eigenvalue weighted by atomic mass is 9.87. The van der Waals surface area contributed by atoms with Gasteiger partial charge in [-0.1, -0.05) is 86.6 Å². The average molecular weight is 391 g/mol. The number of nitrogens with zero attached hydrogens (tertiary/aromatic N) is 4. The summed E-state index contributed by atoms with van der Waals surface area (Å²) in [7, 11) is 1.95. The van der Waals surface area contributed by atoms with Crippen molar-refractivity contribution in [1.82, 2.24) is 14.8 Å². The Hall–Kier alpha value is -2.58. The van der Waals surface area contributed by atoms with Gasteiger partial charge in [-0.3, -0.25) is 0 Å². The molecule has 0 aliphatic carbocycles. The summed E-state index contributed by atoms with van der Waals surface area (Å²) in [6.07, 6.45) is 0.684. The molecule has 0 saturated carbocycles. The summed E-state index contributed by atoms with van der Waals surface area (Å²) in [6.45, 7) is 8.68. The number of rotatable bonds is 5. The van der Waals surface area contributed by atoms with Gasteiger partial charge in [-0.25, -0.2) is 0 Å². The molecule has 0 aliphatic heterocycles. The fourth-order valence-electron chi connectivity index (χ4n) is 2.97. The molecule has 0 aliphatic rings. The summed E-state index contributed by atoms with van der Waals surface area (Å²) in [6, 6.07) is 19.2. The zero-order chi connectivity index (χ0) is 20.3. The molecule has 2 aromatic carbocycles. The molecular weight excluding hydrogens is 364 g/mol. The molecule has 5 heteroatoms. The van der Waals surface area contributed by atoms with Crippen LogP contribution >= 0.6 is 11.8 Å². The lowest BCUT2D eigenvalue weighted by Crippen LogP contribution is -2.10. The van der Waals surface area contributed by atoms with Crippen LogP contribution in [0.15, 0.2) is 53.7 Å². The highest BCUT2D eigenvalue weighted by Crippen LogP contribution is 2.29. The van der Waals surface area contributed by atoms with Gasteiger partial charge in [0, 0.05) is 12.6 Å². The molecule has 1 heterocycles. The minimum absolute atomic E-state index is 0.120. The van der Waals surface area contributed by atoms with Gasteiger partial charge < -0.3 is 4.57 Å². The predicted octanol–water partition coefficient (Wildman–Crippen LogP) is 5.32. The first-order chi connectivity index (χ1) is 13.3. The highest BCUT2D eigenvalue weighted by atomic mass is 32.2. The van der Waals surface area contributed by atoms with E-state index >= 15 is 0 Å². The molecule has 0 fully saturated rings. The fourth-order valence-corrected chi connectivity index (χ4v) is 3.88. The second-order valence-corrected chi connectivity index (χ2v) is 9.29. The van der Waals surface area contributed by atoms with E-state index < -0.39 is 0 Å². The number of hydrogen-bond donors (Lipinski definition) is 0. The van der Waals surface area contributed by atoms with Crippen LogP contribution < -0.4 is 0 Å². The normalized spacial score (nSPS) is 12.6. The van der Waals surface area contributed by atoms with E-state index in [1.807, 2.05) is 11.6 Å². The minimum Gasteiger partial charge on any atom is -0.305 e. The molecule has 0 radical (unpaired) electrons. The van der Waals surface area contributed by atoms with Crippen molar-refractivity contribution in [2.24, 2.45) is 7.05 Å². The van der Waals surface area contributed by atoms with Gasteiger partial charge in [0.1, 0.15) is 5.25 Å². The maximum absolute atomic E-state index is 9.60. The third kappa shape index (κ3) is 4.63. The van der Waals surface area contributed by atoms with Crippen LogP contribution in [0.3, 0.4) is 0 Å². The Bertz CT molecular complexity index is 973. The van der Waals surface area contributed by atoms with Gasteiger partial charge in [0.15, 0.2) is 11.0 Å². The molecule has 3 aromatic rings. The number of nitriles is 1. The molecule has 3 rings (SSSR count). The van der Waals surface area contributed by atoms with Crippen LogP contribution in [0.5, 0.6) is 0 Å². The summed E-state index contributed by atoms with van der Waals surface area (Å²) >= 11 is 1.47. The summed E-state index contributed by atoms with van der Waals surface area (Å²) in [4.78, 5) is 0. The van der Waals surface area contributed by atoms with Crippen molar-refractivity contribution in [3.05, 3.63) is 65.2 Å². The third-order valence-corrected chi connectivity index (χ3v) is 5.90. The molecular formula is C23H26N4S. The van der Waals surface area contributed by atoms with E-state index in [2.05, 4.69) is 92.5 Å². The van der Waals surface area contributed by atoms with Gasteiger partial charge >= 0.3 is 0 Å². The second-order valence-electron chi connectivity index (χ2n) is 8.12. The highest BCUT2D eigenvalue weighted by Gasteiger charge is 2.18. The molecule has 0 saturated heterocycles. The number of hydrogen-bond acceptors (Lipinski definition) is 4. The lowest BCUT2D eigenvalue weighted by molar-refractivity contribution is 0.590. The largest absolute Gasteiger partial charge is 0.305 e. The first kappa shape index (κ1) is 20.2. The standard InChI is InChI=1S/C23H26N4S/c1-16-6-8-17(9-7-16)14-20(15-24)28-22-26-25-21(27(22)5)18-10-12-19(13-11-18)23(2,3)4/h6-13,20H,14H2,1-5H3/t20-/m1/s1. The molecule has 144 valence electrons. The summed E-state index contributed by atoms with van der Waals surface area (Å²) < 4.78 is 1.97. The van der Waals surface area contributed by atoms with Crippen LogP contribution in [0.4, 0.5) is 0 Å². The zero-order valence-electron chi connectivity index (χ0n) is 17.1. The van der Waals surface area contributed by atoms with Gasteiger partial charge in [0.2, 0.25) is 0 Å². The Morgan fingerprint density at radius 1 is 1.04 bits per heavy atom. The molecule has 0 unspecified atom stereocenters. The average Bonchev–Trinajstić information content (AvgIpc) is 3.02. The summed E-state index contributed by atoms with van der Waals surface area (Å²) in [5.74, 6) is 0.815. The molecule has 0 bridgehead atoms. The van der Waals surface area contributed by atoms with E-state index in [4.69, 9.17) is 0 Å². The van der Waals surface area contributed by atoms with Crippen molar-refractivity contribution in [2.45, 2.75) is 49.9 Å². The Morgan fingerprint density at radius 2 is 1.68 bits per heavy atom. The van der Waals surface area contributed by atoms with E-state index in [-0.39, 0.29) is 10.7 Å². The van der Waals surface area contributed by atoms with Gasteiger partial charge in [0.05, 0.1) is 6.07 Å². The van der Waals surface area contributed by atoms with Crippen molar-refractivity contribution in [2.75, 3.05) is 0 Å². The molecule has 1 atom stereocenters. The third-order valence-electron chi connectivity index (χ3n) is 4.78. The second kappa shape index (κ2) is 8.20. The summed E-state index contributed by atoms with van der Waals surface area (Å²) in [5, 5.41) is 18.8. The van der Waals surface area contributed by atoms with Crippen LogP contribution in [0.1, 0.15) is 37.5 Å². The van der Waals surface area contributed by atoms with Crippen LogP contribution in [0.25, 0.3) is 11.4 Å². The monoisotopic (exact) mass is 390 g/mol. The lowest BCUT2D eigenvalue weighted by Gasteiger charge is -2.19. The van der Waals surface area contributed by atoms with Gasteiger partial charge in [-0.05, 0) is 29.9 Å². The maximum Gasteiger partial charge on any atom is 0.192 e. The van der Waals surface area contributed by atoms with Crippen molar-refractivity contribution >= 4 is 11.8 Å². The van der Waals surface area contributed by atoms with Crippen molar-refractivity contribution in [3.8, 4) is 17.5 Å². The van der Waals surface area contributed by atoms with Crippen molar-refractivity contribution in [3.63, 3.8) is 0 Å². The van der Waals surface area contributed by atoms with Crippen molar-refractivity contribution in [1.29, 1.82) is 5.26 Å². The Kier molecular flexibility index (Phi) is 5.90. The van der Waals surface area contributed by atoms with Crippen LogP contribution in [-0.2, 0) is 18.9 Å². The first-order valence-electron chi connectivity index (χ1n) is 9.40. The maximum atomic E-state index is 9.60. The molecule has 0 spiro atoms. The van der Waals surface area contributed by atoms with E-state index in [0.29, 0.717) is 6.42 Å². The number of benzene rings is 2. The Balaban J connectivity index is 1.76. The Morgan fingerprint density at radius 3 is 2.25 bits per heavy atom. The highest BCUT2D eigenvalue weighted by molar-refractivity contribution is 8.00. The van der Waals surface area contributed by atoms with Gasteiger partial charge in [0.25, 0.3) is 0 Å².